The normalized spacial score (nSPS) is 11.4. The quantitative estimate of drug-likeness (QED) is 0.889. The lowest BCUT2D eigenvalue weighted by molar-refractivity contribution is -0.137. The predicted octanol–water partition coefficient (Wildman–Crippen LogP) is 4.09. The van der Waals surface area contributed by atoms with Gasteiger partial charge in [0.1, 0.15) is 11.5 Å². The Bertz CT molecular complexity index is 591. The molecule has 2 rings (SSSR count). The van der Waals surface area contributed by atoms with E-state index in [-0.39, 0.29) is 5.56 Å². The molecular weight excluding hydrogens is 257 g/mol. The lowest BCUT2D eigenvalue weighted by Crippen LogP contribution is -2.04. The van der Waals surface area contributed by atoms with Crippen molar-refractivity contribution in [1.29, 1.82) is 0 Å². The average Bonchev–Trinajstić information content (AvgIpc) is 2.37. The summed E-state index contributed by atoms with van der Waals surface area (Å²) in [6, 6.07) is 9.63. The molecular formula is C14H11F3O2. The van der Waals surface area contributed by atoms with E-state index >= 15 is 0 Å². The fourth-order valence-electron chi connectivity index (χ4n) is 1.81. The van der Waals surface area contributed by atoms with Gasteiger partial charge in [-0.25, -0.2) is 0 Å². The number of methoxy groups -OCH3 is 1. The fourth-order valence-corrected chi connectivity index (χ4v) is 1.81. The second-order valence-corrected chi connectivity index (χ2v) is 3.97. The van der Waals surface area contributed by atoms with Crippen LogP contribution < -0.4 is 4.74 Å². The van der Waals surface area contributed by atoms with Gasteiger partial charge in [0, 0.05) is 5.56 Å². The third-order valence-electron chi connectivity index (χ3n) is 2.66. The second kappa shape index (κ2) is 4.84. The molecule has 0 unspecified atom stereocenters. The molecule has 5 heteroatoms. The van der Waals surface area contributed by atoms with Crippen molar-refractivity contribution in [2.75, 3.05) is 7.11 Å². The van der Waals surface area contributed by atoms with E-state index in [1.54, 1.807) is 24.3 Å². The van der Waals surface area contributed by atoms with Crippen molar-refractivity contribution in [3.8, 4) is 22.6 Å². The third kappa shape index (κ3) is 2.81. The zero-order chi connectivity index (χ0) is 14.0. The minimum absolute atomic E-state index is 0.254. The molecule has 0 aliphatic rings. The molecule has 0 atom stereocenters. The van der Waals surface area contributed by atoms with Crippen LogP contribution in [0.25, 0.3) is 11.1 Å². The summed E-state index contributed by atoms with van der Waals surface area (Å²) < 4.78 is 43.2. The van der Waals surface area contributed by atoms with E-state index in [1.807, 2.05) is 0 Å². The fraction of sp³-hybridized carbons (Fsp3) is 0.143. The highest BCUT2D eigenvalue weighted by atomic mass is 19.4. The lowest BCUT2D eigenvalue weighted by Gasteiger charge is -2.12. The molecule has 0 bridgehead atoms. The van der Waals surface area contributed by atoms with E-state index < -0.39 is 17.5 Å². The Hall–Kier alpha value is -2.17. The van der Waals surface area contributed by atoms with Gasteiger partial charge in [0.15, 0.2) is 0 Å². The molecule has 0 radical (unpaired) electrons. The summed E-state index contributed by atoms with van der Waals surface area (Å²) in [5, 5.41) is 9.44. The Labute approximate surface area is 108 Å². The van der Waals surface area contributed by atoms with Crippen molar-refractivity contribution in [2.24, 2.45) is 0 Å². The smallest absolute Gasteiger partial charge is 0.416 e. The Morgan fingerprint density at radius 1 is 1.05 bits per heavy atom. The topological polar surface area (TPSA) is 29.5 Å². The number of aromatic hydroxyl groups is 1. The van der Waals surface area contributed by atoms with E-state index in [4.69, 9.17) is 4.74 Å². The highest BCUT2D eigenvalue weighted by Gasteiger charge is 2.31. The van der Waals surface area contributed by atoms with Crippen LogP contribution in [0.3, 0.4) is 0 Å². The van der Waals surface area contributed by atoms with Crippen LogP contribution in [0.4, 0.5) is 13.2 Å². The number of alkyl halides is 3. The van der Waals surface area contributed by atoms with Crippen molar-refractivity contribution in [2.45, 2.75) is 6.18 Å². The molecule has 0 fully saturated rings. The van der Waals surface area contributed by atoms with Gasteiger partial charge in [-0.2, -0.15) is 13.2 Å². The first-order valence-electron chi connectivity index (χ1n) is 5.46. The first kappa shape index (κ1) is 13.3. The standard InChI is InChI=1S/C14H11F3O2/c1-19-13-5-3-2-4-12(13)9-6-10(14(15,16)17)8-11(18)7-9/h2-8,18H,1H3. The summed E-state index contributed by atoms with van der Waals surface area (Å²) in [6.45, 7) is 0. The molecule has 2 aromatic carbocycles. The highest BCUT2D eigenvalue weighted by molar-refractivity contribution is 5.72. The van der Waals surface area contributed by atoms with Gasteiger partial charge in [-0.15, -0.1) is 0 Å². The van der Waals surface area contributed by atoms with E-state index in [0.29, 0.717) is 17.4 Å². The molecule has 0 aliphatic carbocycles. The predicted molar refractivity (Wildman–Crippen MR) is 65.1 cm³/mol. The summed E-state index contributed by atoms with van der Waals surface area (Å²) >= 11 is 0. The molecule has 100 valence electrons. The van der Waals surface area contributed by atoms with Crippen LogP contribution in [0, 0.1) is 0 Å². The van der Waals surface area contributed by atoms with Gasteiger partial charge < -0.3 is 9.84 Å². The van der Waals surface area contributed by atoms with Gasteiger partial charge in [-0.05, 0) is 29.8 Å². The van der Waals surface area contributed by atoms with E-state index in [2.05, 4.69) is 0 Å². The van der Waals surface area contributed by atoms with Gasteiger partial charge in [-0.3, -0.25) is 0 Å². The number of hydrogen-bond acceptors (Lipinski definition) is 2. The number of halogens is 3. The zero-order valence-corrected chi connectivity index (χ0v) is 10.0. The SMILES string of the molecule is COc1ccccc1-c1cc(O)cc(C(F)(F)F)c1. The maximum atomic E-state index is 12.7. The molecule has 2 nitrogen and oxygen atoms in total. The summed E-state index contributed by atoms with van der Waals surface area (Å²) in [7, 11) is 1.44. The molecule has 0 spiro atoms. The summed E-state index contributed by atoms with van der Waals surface area (Å²) in [4.78, 5) is 0. The molecule has 0 amide bonds. The van der Waals surface area contributed by atoms with Crippen LogP contribution in [-0.4, -0.2) is 12.2 Å². The number of phenols is 1. The zero-order valence-electron chi connectivity index (χ0n) is 10.0. The molecule has 0 saturated heterocycles. The van der Waals surface area contributed by atoms with Crippen molar-refractivity contribution in [1.82, 2.24) is 0 Å². The number of para-hydroxylation sites is 1. The number of ether oxygens (including phenoxy) is 1. The average molecular weight is 268 g/mol. The maximum absolute atomic E-state index is 12.7. The number of benzene rings is 2. The lowest BCUT2D eigenvalue weighted by atomic mass is 10.0. The first-order valence-corrected chi connectivity index (χ1v) is 5.46. The van der Waals surface area contributed by atoms with Gasteiger partial charge in [0.2, 0.25) is 0 Å². The Kier molecular flexibility index (Phi) is 3.38. The van der Waals surface area contributed by atoms with E-state index in [9.17, 15) is 18.3 Å². The summed E-state index contributed by atoms with van der Waals surface area (Å²) in [5.41, 5.74) is -0.149. The van der Waals surface area contributed by atoms with E-state index in [0.717, 1.165) is 6.07 Å². The number of rotatable bonds is 2. The van der Waals surface area contributed by atoms with Crippen LogP contribution in [0.5, 0.6) is 11.5 Å². The largest absolute Gasteiger partial charge is 0.508 e. The Morgan fingerprint density at radius 3 is 2.37 bits per heavy atom. The van der Waals surface area contributed by atoms with Crippen molar-refractivity contribution in [3.63, 3.8) is 0 Å². The van der Waals surface area contributed by atoms with Gasteiger partial charge >= 0.3 is 6.18 Å². The molecule has 19 heavy (non-hydrogen) atoms. The first-order chi connectivity index (χ1) is 8.91. The highest BCUT2D eigenvalue weighted by Crippen LogP contribution is 2.37. The minimum atomic E-state index is -4.50. The number of hydrogen-bond donors (Lipinski definition) is 1. The second-order valence-electron chi connectivity index (χ2n) is 3.97. The monoisotopic (exact) mass is 268 g/mol. The van der Waals surface area contributed by atoms with Gasteiger partial charge in [0.25, 0.3) is 0 Å². The minimum Gasteiger partial charge on any atom is -0.508 e. The van der Waals surface area contributed by atoms with Crippen LogP contribution in [0.15, 0.2) is 42.5 Å². The Balaban J connectivity index is 2.60. The molecule has 0 aromatic heterocycles. The van der Waals surface area contributed by atoms with Crippen LogP contribution in [0.2, 0.25) is 0 Å². The van der Waals surface area contributed by atoms with Crippen LogP contribution in [-0.2, 0) is 6.18 Å². The van der Waals surface area contributed by atoms with Crippen molar-refractivity contribution < 1.29 is 23.0 Å². The summed E-state index contributed by atoms with van der Waals surface area (Å²) in [6.07, 6.45) is -4.50. The van der Waals surface area contributed by atoms with Crippen molar-refractivity contribution >= 4 is 0 Å². The molecule has 1 N–H and O–H groups in total. The molecule has 2 aromatic rings. The third-order valence-corrected chi connectivity index (χ3v) is 2.66. The van der Waals surface area contributed by atoms with Gasteiger partial charge in [-0.1, -0.05) is 18.2 Å². The summed E-state index contributed by atoms with van der Waals surface area (Å²) in [5.74, 6) is 0.0111. The molecule has 0 aliphatic heterocycles. The van der Waals surface area contributed by atoms with Gasteiger partial charge in [0.05, 0.1) is 12.7 Å². The molecule has 0 saturated carbocycles. The molecule has 0 heterocycles. The Morgan fingerprint density at radius 2 is 1.74 bits per heavy atom. The van der Waals surface area contributed by atoms with Crippen LogP contribution >= 0.6 is 0 Å². The maximum Gasteiger partial charge on any atom is 0.416 e. The number of phenolic OH excluding ortho intramolecular Hbond substituents is 1. The van der Waals surface area contributed by atoms with Crippen LogP contribution in [0.1, 0.15) is 5.56 Å². The van der Waals surface area contributed by atoms with E-state index in [1.165, 1.54) is 13.2 Å². The van der Waals surface area contributed by atoms with Crippen molar-refractivity contribution in [3.05, 3.63) is 48.0 Å².